The molecule has 0 radical (unpaired) electrons. The molecule has 1 aromatic heterocycles. The van der Waals surface area contributed by atoms with E-state index < -0.39 is 0 Å². The summed E-state index contributed by atoms with van der Waals surface area (Å²) in [7, 11) is 0. The molecular formula is C17H17N3OS. The molecule has 4 nitrogen and oxygen atoms in total. The number of hydrogen-bond acceptors (Lipinski definition) is 4. The second-order valence-electron chi connectivity index (χ2n) is 4.93. The third-order valence-electron chi connectivity index (χ3n) is 3.41. The molecule has 112 valence electrons. The number of nitrogens with zero attached hydrogens (tertiary/aromatic N) is 2. The lowest BCUT2D eigenvalue weighted by Gasteiger charge is -2.10. The number of aromatic hydroxyl groups is 1. The quantitative estimate of drug-likeness (QED) is 0.756. The number of aromatic nitrogens is 2. The van der Waals surface area contributed by atoms with Gasteiger partial charge in [0.25, 0.3) is 0 Å². The van der Waals surface area contributed by atoms with Crippen LogP contribution in [0.1, 0.15) is 5.56 Å². The minimum Gasteiger partial charge on any atom is -0.508 e. The lowest BCUT2D eigenvalue weighted by Crippen LogP contribution is -2.05. The first-order chi connectivity index (χ1) is 10.7. The summed E-state index contributed by atoms with van der Waals surface area (Å²) in [6, 6.07) is 15.6. The van der Waals surface area contributed by atoms with E-state index in [1.807, 2.05) is 35.0 Å². The predicted octanol–water partition coefficient (Wildman–Crippen LogP) is 3.56. The lowest BCUT2D eigenvalue weighted by molar-refractivity contribution is 0.475. The zero-order valence-electron chi connectivity index (χ0n) is 12.0. The van der Waals surface area contributed by atoms with Crippen LogP contribution < -0.4 is 5.73 Å². The van der Waals surface area contributed by atoms with Gasteiger partial charge in [0.2, 0.25) is 0 Å². The van der Waals surface area contributed by atoms with Gasteiger partial charge in [0.15, 0.2) is 5.95 Å². The number of nitrogens with two attached hydrogens (primary N) is 1. The molecule has 0 fully saturated rings. The molecule has 0 saturated carbocycles. The number of aryl methyl sites for hydroxylation is 2. The van der Waals surface area contributed by atoms with Crippen LogP contribution in [0.2, 0.25) is 0 Å². The van der Waals surface area contributed by atoms with Gasteiger partial charge in [0.05, 0.1) is 0 Å². The van der Waals surface area contributed by atoms with Gasteiger partial charge < -0.3 is 15.4 Å². The standard InChI is InChI=1S/C17H17N3OS/c18-17-19-10-12-20(17)11-9-13-3-1-2-4-16(13)22-15-7-5-14(21)6-8-15/h1-8,10,12,21H,9,11H2,(H2,18,19). The number of phenolic OH excluding ortho intramolecular Hbond substituents is 1. The van der Waals surface area contributed by atoms with Crippen LogP contribution in [-0.2, 0) is 13.0 Å². The molecule has 3 rings (SSSR count). The summed E-state index contributed by atoms with van der Waals surface area (Å²) in [5.41, 5.74) is 7.08. The van der Waals surface area contributed by atoms with E-state index in [2.05, 4.69) is 17.1 Å². The van der Waals surface area contributed by atoms with Gasteiger partial charge in [-0.3, -0.25) is 0 Å². The van der Waals surface area contributed by atoms with Gasteiger partial charge in [0, 0.05) is 28.7 Å². The molecule has 0 aliphatic rings. The van der Waals surface area contributed by atoms with Crippen molar-refractivity contribution >= 4 is 17.7 Å². The van der Waals surface area contributed by atoms with E-state index in [1.54, 1.807) is 30.1 Å². The monoisotopic (exact) mass is 311 g/mol. The first-order valence-corrected chi connectivity index (χ1v) is 7.85. The fourth-order valence-corrected chi connectivity index (χ4v) is 3.20. The highest BCUT2D eigenvalue weighted by molar-refractivity contribution is 7.99. The van der Waals surface area contributed by atoms with Crippen molar-refractivity contribution in [3.63, 3.8) is 0 Å². The van der Waals surface area contributed by atoms with Crippen LogP contribution in [-0.4, -0.2) is 14.7 Å². The largest absolute Gasteiger partial charge is 0.508 e. The fraction of sp³-hybridized carbons (Fsp3) is 0.118. The second kappa shape index (κ2) is 6.58. The molecule has 2 aromatic carbocycles. The minimum atomic E-state index is 0.285. The van der Waals surface area contributed by atoms with E-state index in [-0.39, 0.29) is 5.75 Å². The molecule has 5 heteroatoms. The molecule has 0 saturated heterocycles. The molecule has 22 heavy (non-hydrogen) atoms. The van der Waals surface area contributed by atoms with Crippen molar-refractivity contribution < 1.29 is 5.11 Å². The minimum absolute atomic E-state index is 0.285. The van der Waals surface area contributed by atoms with Crippen LogP contribution in [0.3, 0.4) is 0 Å². The topological polar surface area (TPSA) is 64.1 Å². The van der Waals surface area contributed by atoms with Crippen molar-refractivity contribution in [2.45, 2.75) is 22.8 Å². The van der Waals surface area contributed by atoms with Gasteiger partial charge in [-0.05, 0) is 42.3 Å². The summed E-state index contributed by atoms with van der Waals surface area (Å²) < 4.78 is 1.95. The van der Waals surface area contributed by atoms with Crippen LogP contribution in [0.25, 0.3) is 0 Å². The van der Waals surface area contributed by atoms with Crippen molar-refractivity contribution in [2.75, 3.05) is 5.73 Å². The average Bonchev–Trinajstić information content (AvgIpc) is 2.94. The Kier molecular flexibility index (Phi) is 4.34. The van der Waals surface area contributed by atoms with Gasteiger partial charge >= 0.3 is 0 Å². The molecular weight excluding hydrogens is 294 g/mol. The molecule has 0 bridgehead atoms. The van der Waals surface area contributed by atoms with Gasteiger partial charge in [-0.1, -0.05) is 30.0 Å². The molecule has 0 aliphatic carbocycles. The van der Waals surface area contributed by atoms with E-state index in [4.69, 9.17) is 5.73 Å². The van der Waals surface area contributed by atoms with Gasteiger partial charge in [-0.15, -0.1) is 0 Å². The summed E-state index contributed by atoms with van der Waals surface area (Å²) in [6.07, 6.45) is 4.50. The van der Waals surface area contributed by atoms with Gasteiger partial charge in [-0.25, -0.2) is 4.98 Å². The Labute approximate surface area is 133 Å². The normalized spacial score (nSPS) is 10.7. The molecule has 0 aliphatic heterocycles. The zero-order chi connectivity index (χ0) is 15.4. The van der Waals surface area contributed by atoms with E-state index >= 15 is 0 Å². The molecule has 0 unspecified atom stereocenters. The zero-order valence-corrected chi connectivity index (χ0v) is 12.8. The molecule has 0 amide bonds. The maximum Gasteiger partial charge on any atom is 0.200 e. The molecule has 3 N–H and O–H groups in total. The van der Waals surface area contributed by atoms with Crippen molar-refractivity contribution in [2.24, 2.45) is 0 Å². The number of anilines is 1. The second-order valence-corrected chi connectivity index (χ2v) is 6.05. The highest BCUT2D eigenvalue weighted by atomic mass is 32.2. The number of nitrogen functional groups attached to an aromatic ring is 1. The number of phenols is 1. The summed E-state index contributed by atoms with van der Waals surface area (Å²) in [6.45, 7) is 0.805. The van der Waals surface area contributed by atoms with Crippen molar-refractivity contribution in [3.05, 3.63) is 66.5 Å². The summed E-state index contributed by atoms with van der Waals surface area (Å²) in [5.74, 6) is 0.830. The van der Waals surface area contributed by atoms with Crippen molar-refractivity contribution in [3.8, 4) is 5.75 Å². The van der Waals surface area contributed by atoms with E-state index in [0.717, 1.165) is 17.9 Å². The number of imidazole rings is 1. The Hall–Kier alpha value is -2.40. The number of benzene rings is 2. The summed E-state index contributed by atoms with van der Waals surface area (Å²) in [5, 5.41) is 9.36. The van der Waals surface area contributed by atoms with E-state index in [9.17, 15) is 5.11 Å². The first-order valence-electron chi connectivity index (χ1n) is 7.04. The Morgan fingerprint density at radius 1 is 1.09 bits per heavy atom. The third kappa shape index (κ3) is 3.43. The molecule has 0 atom stereocenters. The predicted molar refractivity (Wildman–Crippen MR) is 89.0 cm³/mol. The summed E-state index contributed by atoms with van der Waals surface area (Å²) in [4.78, 5) is 6.36. The maximum atomic E-state index is 9.36. The highest BCUT2D eigenvalue weighted by Gasteiger charge is 2.05. The molecule has 0 spiro atoms. The van der Waals surface area contributed by atoms with E-state index in [0.29, 0.717) is 5.95 Å². The fourth-order valence-electron chi connectivity index (χ4n) is 2.22. The number of rotatable bonds is 5. The van der Waals surface area contributed by atoms with Crippen LogP contribution >= 0.6 is 11.8 Å². The molecule has 1 heterocycles. The molecule has 3 aromatic rings. The Morgan fingerprint density at radius 3 is 2.59 bits per heavy atom. The van der Waals surface area contributed by atoms with Crippen molar-refractivity contribution in [1.29, 1.82) is 0 Å². The average molecular weight is 311 g/mol. The van der Waals surface area contributed by atoms with Gasteiger partial charge in [-0.2, -0.15) is 0 Å². The van der Waals surface area contributed by atoms with Crippen LogP contribution in [0.5, 0.6) is 5.75 Å². The van der Waals surface area contributed by atoms with Crippen LogP contribution in [0.15, 0.2) is 70.7 Å². The SMILES string of the molecule is Nc1nccn1CCc1ccccc1Sc1ccc(O)cc1. The summed E-state index contributed by atoms with van der Waals surface area (Å²) >= 11 is 1.70. The first kappa shape index (κ1) is 14.5. The number of hydrogen-bond donors (Lipinski definition) is 2. The highest BCUT2D eigenvalue weighted by Crippen LogP contribution is 2.31. The van der Waals surface area contributed by atoms with Crippen LogP contribution in [0, 0.1) is 0 Å². The third-order valence-corrected chi connectivity index (χ3v) is 4.53. The van der Waals surface area contributed by atoms with Gasteiger partial charge in [0.1, 0.15) is 5.75 Å². The van der Waals surface area contributed by atoms with Crippen LogP contribution in [0.4, 0.5) is 5.95 Å². The maximum absolute atomic E-state index is 9.36. The smallest absolute Gasteiger partial charge is 0.200 e. The Balaban J connectivity index is 1.75. The Bertz CT molecular complexity index is 753. The Morgan fingerprint density at radius 2 is 1.86 bits per heavy atom. The lowest BCUT2D eigenvalue weighted by atomic mass is 10.1. The van der Waals surface area contributed by atoms with Crippen molar-refractivity contribution in [1.82, 2.24) is 9.55 Å². The van der Waals surface area contributed by atoms with E-state index in [1.165, 1.54) is 10.5 Å².